The third-order valence-corrected chi connectivity index (χ3v) is 3.91. The van der Waals surface area contributed by atoms with Crippen molar-refractivity contribution in [1.82, 2.24) is 4.57 Å². The van der Waals surface area contributed by atoms with Crippen LogP contribution < -0.4 is 0 Å². The number of fused-ring (bicyclic) bond motifs is 1. The molecule has 0 spiro atoms. The van der Waals surface area contributed by atoms with Crippen molar-refractivity contribution in [2.75, 3.05) is 0 Å². The molecule has 1 atom stereocenters. The minimum atomic E-state index is -0.148. The summed E-state index contributed by atoms with van der Waals surface area (Å²) >= 11 is 0. The van der Waals surface area contributed by atoms with Gasteiger partial charge in [-0.15, -0.1) is 0 Å². The van der Waals surface area contributed by atoms with E-state index in [1.165, 1.54) is 11.6 Å². The van der Waals surface area contributed by atoms with Crippen LogP contribution >= 0.6 is 0 Å². The van der Waals surface area contributed by atoms with Gasteiger partial charge in [0.15, 0.2) is 0 Å². The van der Waals surface area contributed by atoms with Crippen LogP contribution in [-0.2, 0) is 0 Å². The molecule has 20 heavy (non-hydrogen) atoms. The van der Waals surface area contributed by atoms with Crippen LogP contribution in [0.4, 0.5) is 4.39 Å². The summed E-state index contributed by atoms with van der Waals surface area (Å²) < 4.78 is 16.3. The molecule has 1 unspecified atom stereocenters. The summed E-state index contributed by atoms with van der Waals surface area (Å²) in [7, 11) is 0. The highest BCUT2D eigenvalue weighted by Crippen LogP contribution is 2.31. The zero-order valence-electron chi connectivity index (χ0n) is 11.8. The number of para-hydroxylation sites is 1. The number of rotatable bonds is 3. The van der Waals surface area contributed by atoms with E-state index in [0.717, 1.165) is 17.4 Å². The Bertz CT molecular complexity index is 728. The van der Waals surface area contributed by atoms with Crippen molar-refractivity contribution in [2.24, 2.45) is 0 Å². The van der Waals surface area contributed by atoms with Crippen molar-refractivity contribution in [1.29, 1.82) is 0 Å². The maximum Gasteiger partial charge on any atom is 0.147 e. The molecule has 2 heteroatoms. The fourth-order valence-electron chi connectivity index (χ4n) is 2.95. The molecule has 0 saturated heterocycles. The van der Waals surface area contributed by atoms with Gasteiger partial charge in [-0.1, -0.05) is 49.4 Å². The SMILES string of the molecule is CCC(c1ccccc1)n1cc(C)c2cccc(F)c21. The Kier molecular flexibility index (Phi) is 3.31. The van der Waals surface area contributed by atoms with E-state index in [-0.39, 0.29) is 11.9 Å². The molecule has 0 N–H and O–H groups in total. The molecule has 0 saturated carbocycles. The molecule has 2 aromatic carbocycles. The highest BCUT2D eigenvalue weighted by Gasteiger charge is 2.17. The predicted octanol–water partition coefficient (Wildman–Crippen LogP) is 5.09. The molecule has 1 aromatic heterocycles. The van der Waals surface area contributed by atoms with Gasteiger partial charge >= 0.3 is 0 Å². The molecule has 0 radical (unpaired) electrons. The number of benzene rings is 2. The second-order valence-electron chi connectivity index (χ2n) is 5.19. The van der Waals surface area contributed by atoms with E-state index in [2.05, 4.69) is 29.8 Å². The molecule has 0 aliphatic heterocycles. The average molecular weight is 267 g/mol. The summed E-state index contributed by atoms with van der Waals surface area (Å²) in [6.07, 6.45) is 3.00. The lowest BCUT2D eigenvalue weighted by atomic mass is 10.0. The smallest absolute Gasteiger partial charge is 0.147 e. The van der Waals surface area contributed by atoms with Crippen molar-refractivity contribution >= 4 is 10.9 Å². The Morgan fingerprint density at radius 1 is 1.05 bits per heavy atom. The van der Waals surface area contributed by atoms with Crippen molar-refractivity contribution < 1.29 is 4.39 Å². The van der Waals surface area contributed by atoms with E-state index < -0.39 is 0 Å². The summed E-state index contributed by atoms with van der Waals surface area (Å²) in [5.74, 6) is -0.148. The van der Waals surface area contributed by atoms with Gasteiger partial charge in [0.2, 0.25) is 0 Å². The number of hydrogen-bond acceptors (Lipinski definition) is 0. The summed E-state index contributed by atoms with van der Waals surface area (Å²) in [6.45, 7) is 4.18. The second-order valence-corrected chi connectivity index (χ2v) is 5.19. The molecular formula is C18H18FN. The first kappa shape index (κ1) is 12.9. The molecule has 0 aliphatic carbocycles. The van der Waals surface area contributed by atoms with Crippen LogP contribution in [0, 0.1) is 12.7 Å². The quantitative estimate of drug-likeness (QED) is 0.623. The van der Waals surface area contributed by atoms with E-state index >= 15 is 0 Å². The van der Waals surface area contributed by atoms with Gasteiger partial charge in [0.25, 0.3) is 0 Å². The van der Waals surface area contributed by atoms with Crippen molar-refractivity contribution in [3.63, 3.8) is 0 Å². The molecule has 0 aliphatic rings. The van der Waals surface area contributed by atoms with Gasteiger partial charge in [-0.25, -0.2) is 4.39 Å². The first-order valence-electron chi connectivity index (χ1n) is 7.03. The van der Waals surface area contributed by atoms with Crippen molar-refractivity contribution in [3.8, 4) is 0 Å². The van der Waals surface area contributed by atoms with E-state index in [1.54, 1.807) is 6.07 Å². The summed E-state index contributed by atoms with van der Waals surface area (Å²) in [4.78, 5) is 0. The molecule has 0 bridgehead atoms. The van der Waals surface area contributed by atoms with Crippen molar-refractivity contribution in [3.05, 3.63) is 71.7 Å². The molecule has 1 heterocycles. The van der Waals surface area contributed by atoms with E-state index in [4.69, 9.17) is 0 Å². The zero-order valence-corrected chi connectivity index (χ0v) is 11.8. The van der Waals surface area contributed by atoms with Crippen LogP contribution in [-0.4, -0.2) is 4.57 Å². The lowest BCUT2D eigenvalue weighted by molar-refractivity contribution is 0.565. The molecule has 0 amide bonds. The van der Waals surface area contributed by atoms with Gasteiger partial charge in [0.05, 0.1) is 11.6 Å². The van der Waals surface area contributed by atoms with Crippen LogP contribution in [0.15, 0.2) is 54.7 Å². The van der Waals surface area contributed by atoms with Crippen LogP contribution in [0.3, 0.4) is 0 Å². The first-order valence-corrected chi connectivity index (χ1v) is 7.03. The van der Waals surface area contributed by atoms with E-state index in [9.17, 15) is 4.39 Å². The van der Waals surface area contributed by atoms with Gasteiger partial charge in [-0.05, 0) is 30.5 Å². The second kappa shape index (κ2) is 5.12. The van der Waals surface area contributed by atoms with E-state index in [0.29, 0.717) is 5.52 Å². The summed E-state index contributed by atoms with van der Waals surface area (Å²) in [5, 5.41) is 0.999. The molecule has 3 aromatic rings. The van der Waals surface area contributed by atoms with E-state index in [1.807, 2.05) is 31.2 Å². The normalized spacial score (nSPS) is 12.8. The number of hydrogen-bond donors (Lipinski definition) is 0. The molecule has 3 rings (SSSR count). The predicted molar refractivity (Wildman–Crippen MR) is 81.5 cm³/mol. The largest absolute Gasteiger partial charge is 0.337 e. The lowest BCUT2D eigenvalue weighted by Gasteiger charge is -2.19. The average Bonchev–Trinajstić information content (AvgIpc) is 2.80. The van der Waals surface area contributed by atoms with Crippen LogP contribution in [0.5, 0.6) is 0 Å². The van der Waals surface area contributed by atoms with Crippen molar-refractivity contribution in [2.45, 2.75) is 26.3 Å². The minimum Gasteiger partial charge on any atom is -0.337 e. The molecular weight excluding hydrogens is 249 g/mol. The lowest BCUT2D eigenvalue weighted by Crippen LogP contribution is -2.09. The number of nitrogens with zero attached hydrogens (tertiary/aromatic N) is 1. The van der Waals surface area contributed by atoms with Gasteiger partial charge < -0.3 is 4.57 Å². The molecule has 0 fully saturated rings. The maximum absolute atomic E-state index is 14.3. The third kappa shape index (κ3) is 2.01. The zero-order chi connectivity index (χ0) is 14.1. The fourth-order valence-corrected chi connectivity index (χ4v) is 2.95. The first-order chi connectivity index (χ1) is 9.72. The molecule has 1 nitrogen and oxygen atoms in total. The highest BCUT2D eigenvalue weighted by atomic mass is 19.1. The fraction of sp³-hybridized carbons (Fsp3) is 0.222. The van der Waals surface area contributed by atoms with Gasteiger partial charge in [-0.2, -0.15) is 0 Å². The number of halogens is 1. The van der Waals surface area contributed by atoms with Crippen LogP contribution in [0.2, 0.25) is 0 Å². The van der Waals surface area contributed by atoms with Gasteiger partial charge in [-0.3, -0.25) is 0 Å². The van der Waals surface area contributed by atoms with Gasteiger partial charge in [0, 0.05) is 11.6 Å². The Hall–Kier alpha value is -2.09. The van der Waals surface area contributed by atoms with Crippen LogP contribution in [0.1, 0.15) is 30.5 Å². The maximum atomic E-state index is 14.3. The highest BCUT2D eigenvalue weighted by molar-refractivity contribution is 5.84. The van der Waals surface area contributed by atoms with Crippen LogP contribution in [0.25, 0.3) is 10.9 Å². The molecule has 102 valence electrons. The standard InChI is InChI=1S/C18H18FN/c1-3-17(14-8-5-4-6-9-14)20-12-13(2)15-10-7-11-16(19)18(15)20/h4-12,17H,3H2,1-2H3. The Balaban J connectivity index is 2.23. The Morgan fingerprint density at radius 3 is 2.50 bits per heavy atom. The van der Waals surface area contributed by atoms with Gasteiger partial charge in [0.1, 0.15) is 5.82 Å². The summed E-state index contributed by atoms with van der Waals surface area (Å²) in [6, 6.07) is 15.8. The third-order valence-electron chi connectivity index (χ3n) is 3.91. The Labute approximate surface area is 118 Å². The topological polar surface area (TPSA) is 4.93 Å². The monoisotopic (exact) mass is 267 g/mol. The number of aryl methyl sites for hydroxylation is 1. The Morgan fingerprint density at radius 2 is 1.80 bits per heavy atom. The minimum absolute atomic E-state index is 0.148. The number of aromatic nitrogens is 1. The summed E-state index contributed by atoms with van der Waals surface area (Å²) in [5.41, 5.74) is 3.05.